The van der Waals surface area contributed by atoms with E-state index < -0.39 is 11.7 Å². The van der Waals surface area contributed by atoms with Crippen LogP contribution in [0.4, 0.5) is 4.79 Å². The van der Waals surface area contributed by atoms with Gasteiger partial charge in [0.1, 0.15) is 5.60 Å². The van der Waals surface area contributed by atoms with E-state index >= 15 is 0 Å². The van der Waals surface area contributed by atoms with Crippen molar-refractivity contribution in [3.63, 3.8) is 0 Å². The van der Waals surface area contributed by atoms with Gasteiger partial charge in [0.25, 0.3) is 0 Å². The summed E-state index contributed by atoms with van der Waals surface area (Å²) in [5, 5.41) is 2.39. The second-order valence-electron chi connectivity index (χ2n) is 3.47. The molecule has 0 spiro atoms. The normalized spacial score (nSPS) is 8.67. The number of terminal acetylenes is 2. The third-order valence-corrected chi connectivity index (χ3v) is 0.852. The molecule has 84 valence electrons. The van der Waals surface area contributed by atoms with Crippen molar-refractivity contribution in [2.75, 3.05) is 13.1 Å². The number of hydrogen-bond acceptors (Lipinski definition) is 3. The Bertz CT molecular complexity index is 253. The molecule has 4 nitrogen and oxygen atoms in total. The highest BCUT2D eigenvalue weighted by molar-refractivity contribution is 5.67. The first-order valence-electron chi connectivity index (χ1n) is 4.41. The first-order valence-corrected chi connectivity index (χ1v) is 4.41. The molecular weight excluding hydrogens is 192 g/mol. The Kier molecular flexibility index (Phi) is 9.41. The fourth-order valence-corrected chi connectivity index (χ4v) is 0.437. The molecule has 0 aromatic heterocycles. The maximum atomic E-state index is 10.8. The average molecular weight is 210 g/mol. The first kappa shape index (κ1) is 15.8. The Hall–Kier alpha value is -1.65. The molecule has 0 atom stereocenters. The van der Waals surface area contributed by atoms with Crippen LogP contribution in [-0.4, -0.2) is 24.8 Å². The molecule has 0 aliphatic heterocycles. The Morgan fingerprint density at radius 3 is 2.13 bits per heavy atom. The number of nitrogens with one attached hydrogen (secondary N) is 1. The molecule has 0 aliphatic rings. The largest absolute Gasteiger partial charge is 0.444 e. The highest BCUT2D eigenvalue weighted by atomic mass is 16.6. The van der Waals surface area contributed by atoms with Gasteiger partial charge in [-0.05, 0) is 20.8 Å². The predicted molar refractivity (Wildman–Crippen MR) is 61.0 cm³/mol. The maximum Gasteiger partial charge on any atom is 0.408 e. The summed E-state index contributed by atoms with van der Waals surface area (Å²) < 4.78 is 4.89. The topological polar surface area (TPSA) is 64.3 Å². The average Bonchev–Trinajstić information content (AvgIpc) is 2.12. The standard InChI is InChI=1S/C8H13NO2.C3H5N/c1-5-6-9-7(10)11-8(2,3)4;1-2-3-4/h1H,6H2,2-4H3,(H,9,10);1H,3-4H2. The SMILES string of the molecule is C#CCN.C#CCNC(=O)OC(C)(C)C. The van der Waals surface area contributed by atoms with Crippen LogP contribution in [0.2, 0.25) is 0 Å². The van der Waals surface area contributed by atoms with Crippen LogP contribution >= 0.6 is 0 Å². The van der Waals surface area contributed by atoms with Gasteiger partial charge in [-0.3, -0.25) is 0 Å². The lowest BCUT2D eigenvalue weighted by Crippen LogP contribution is -2.32. The molecule has 0 radical (unpaired) electrons. The Balaban J connectivity index is 0. The first-order chi connectivity index (χ1) is 6.87. The summed E-state index contributed by atoms with van der Waals surface area (Å²) in [6.07, 6.45) is 9.10. The van der Waals surface area contributed by atoms with Gasteiger partial charge in [0.2, 0.25) is 0 Å². The van der Waals surface area contributed by atoms with E-state index in [0.29, 0.717) is 6.54 Å². The summed E-state index contributed by atoms with van der Waals surface area (Å²) in [6, 6.07) is 0. The number of carbonyl (C=O) groups is 1. The molecule has 0 bridgehead atoms. The zero-order valence-electron chi connectivity index (χ0n) is 9.46. The minimum absolute atomic E-state index is 0.203. The lowest BCUT2D eigenvalue weighted by Gasteiger charge is -2.18. The molecule has 0 aromatic rings. The number of hydrogen-bond donors (Lipinski definition) is 2. The summed E-state index contributed by atoms with van der Waals surface area (Å²) >= 11 is 0. The lowest BCUT2D eigenvalue weighted by atomic mass is 10.2. The molecule has 0 saturated heterocycles. The molecule has 3 N–H and O–H groups in total. The highest BCUT2D eigenvalue weighted by Crippen LogP contribution is 2.05. The molecule has 0 aliphatic carbocycles. The smallest absolute Gasteiger partial charge is 0.408 e. The second-order valence-corrected chi connectivity index (χ2v) is 3.47. The molecule has 1 amide bonds. The number of ether oxygens (including phenoxy) is 1. The van der Waals surface area contributed by atoms with Crippen LogP contribution in [0.15, 0.2) is 0 Å². The second kappa shape index (κ2) is 8.93. The Morgan fingerprint density at radius 2 is 1.87 bits per heavy atom. The van der Waals surface area contributed by atoms with Gasteiger partial charge in [-0.25, -0.2) is 4.79 Å². The van der Waals surface area contributed by atoms with Crippen molar-refractivity contribution in [3.8, 4) is 24.7 Å². The monoisotopic (exact) mass is 210 g/mol. The predicted octanol–water partition coefficient (Wildman–Crippen LogP) is 0.723. The summed E-state index contributed by atoms with van der Waals surface area (Å²) in [5.41, 5.74) is 4.33. The molecule has 4 heteroatoms. The van der Waals surface area contributed by atoms with E-state index in [1.165, 1.54) is 0 Å². The fraction of sp³-hybridized carbons (Fsp3) is 0.545. The van der Waals surface area contributed by atoms with E-state index in [1.54, 1.807) is 20.8 Å². The number of amides is 1. The zero-order valence-corrected chi connectivity index (χ0v) is 9.46. The highest BCUT2D eigenvalue weighted by Gasteiger charge is 2.14. The van der Waals surface area contributed by atoms with Crippen LogP contribution < -0.4 is 11.1 Å². The van der Waals surface area contributed by atoms with Crippen LogP contribution in [0.5, 0.6) is 0 Å². The van der Waals surface area contributed by atoms with Crippen molar-refractivity contribution in [2.45, 2.75) is 26.4 Å². The lowest BCUT2D eigenvalue weighted by molar-refractivity contribution is 0.0535. The van der Waals surface area contributed by atoms with Crippen molar-refractivity contribution < 1.29 is 9.53 Å². The minimum Gasteiger partial charge on any atom is -0.444 e. The van der Waals surface area contributed by atoms with Crippen molar-refractivity contribution >= 4 is 6.09 Å². The van der Waals surface area contributed by atoms with Crippen molar-refractivity contribution in [1.82, 2.24) is 5.32 Å². The van der Waals surface area contributed by atoms with E-state index in [-0.39, 0.29) is 6.54 Å². The molecule has 0 fully saturated rings. The third-order valence-electron chi connectivity index (χ3n) is 0.852. The van der Waals surface area contributed by atoms with Gasteiger partial charge in [0.05, 0.1) is 13.1 Å². The van der Waals surface area contributed by atoms with Crippen LogP contribution in [0.3, 0.4) is 0 Å². The van der Waals surface area contributed by atoms with E-state index in [1.807, 2.05) is 0 Å². The molecule has 0 heterocycles. The van der Waals surface area contributed by atoms with Gasteiger partial charge in [0, 0.05) is 0 Å². The van der Waals surface area contributed by atoms with Crippen LogP contribution in [0, 0.1) is 24.7 Å². The molecule has 0 rings (SSSR count). The number of nitrogens with two attached hydrogens (primary N) is 1. The van der Waals surface area contributed by atoms with E-state index in [0.717, 1.165) is 0 Å². The Labute approximate surface area is 91.6 Å². The van der Waals surface area contributed by atoms with Crippen LogP contribution in [0.1, 0.15) is 20.8 Å². The van der Waals surface area contributed by atoms with E-state index in [4.69, 9.17) is 16.9 Å². The molecular formula is C11H18N2O2. The van der Waals surface area contributed by atoms with Crippen LogP contribution in [-0.2, 0) is 4.74 Å². The van der Waals surface area contributed by atoms with Gasteiger partial charge < -0.3 is 15.8 Å². The van der Waals surface area contributed by atoms with Gasteiger partial charge in [0.15, 0.2) is 0 Å². The number of carbonyl (C=O) groups excluding carboxylic acids is 1. The minimum atomic E-state index is -0.476. The summed E-state index contributed by atoms with van der Waals surface area (Å²) in [4.78, 5) is 10.8. The van der Waals surface area contributed by atoms with Gasteiger partial charge in [-0.15, -0.1) is 12.8 Å². The van der Waals surface area contributed by atoms with Crippen molar-refractivity contribution in [2.24, 2.45) is 5.73 Å². The van der Waals surface area contributed by atoms with Crippen molar-refractivity contribution in [3.05, 3.63) is 0 Å². The molecule has 0 aromatic carbocycles. The molecule has 15 heavy (non-hydrogen) atoms. The van der Waals surface area contributed by atoms with E-state index in [2.05, 4.69) is 23.6 Å². The third kappa shape index (κ3) is 19.0. The summed E-state index contributed by atoms with van der Waals surface area (Å²) in [5.74, 6) is 4.48. The maximum absolute atomic E-state index is 10.8. The van der Waals surface area contributed by atoms with Crippen LogP contribution in [0.25, 0.3) is 0 Å². The van der Waals surface area contributed by atoms with Gasteiger partial charge >= 0.3 is 6.09 Å². The zero-order chi connectivity index (χ0) is 12.3. The van der Waals surface area contributed by atoms with Crippen molar-refractivity contribution in [1.29, 1.82) is 0 Å². The van der Waals surface area contributed by atoms with Gasteiger partial charge in [-0.1, -0.05) is 11.8 Å². The number of rotatable bonds is 1. The number of alkyl carbamates (subject to hydrolysis) is 1. The quantitative estimate of drug-likeness (QED) is 0.627. The fourth-order valence-electron chi connectivity index (χ4n) is 0.437. The molecule has 0 unspecified atom stereocenters. The van der Waals surface area contributed by atoms with E-state index in [9.17, 15) is 4.79 Å². The molecule has 0 saturated carbocycles. The Morgan fingerprint density at radius 1 is 1.40 bits per heavy atom. The summed E-state index contributed by atoms with van der Waals surface area (Å²) in [7, 11) is 0. The van der Waals surface area contributed by atoms with Gasteiger partial charge in [-0.2, -0.15) is 0 Å². The summed E-state index contributed by atoms with van der Waals surface area (Å²) in [6.45, 7) is 5.93.